The summed E-state index contributed by atoms with van der Waals surface area (Å²) in [5, 5.41) is 52.8. The van der Waals surface area contributed by atoms with Crippen LogP contribution >= 0.6 is 0 Å². The van der Waals surface area contributed by atoms with E-state index >= 15 is 0 Å². The van der Waals surface area contributed by atoms with Crippen LogP contribution < -0.4 is 26.2 Å². The molecule has 6 fully saturated rings. The van der Waals surface area contributed by atoms with E-state index in [2.05, 4.69) is 146 Å². The number of likely N-dealkylation sites (tertiary alicyclic amines) is 5. The van der Waals surface area contributed by atoms with E-state index < -0.39 is 0 Å². The molecule has 5 amide bonds. The first-order valence-electron chi connectivity index (χ1n) is 49.2. The van der Waals surface area contributed by atoms with Crippen LogP contribution in [0.3, 0.4) is 0 Å². The van der Waals surface area contributed by atoms with Gasteiger partial charge in [0.15, 0.2) is 28.6 Å². The summed E-state index contributed by atoms with van der Waals surface area (Å²) in [6.45, 7) is 17.8. The van der Waals surface area contributed by atoms with Crippen molar-refractivity contribution in [1.29, 1.82) is 0 Å². The Bertz CT molecular complexity index is 7090. The number of fused-ring (bicyclic) bond motifs is 4. The molecule has 5 aromatic carbocycles. The van der Waals surface area contributed by atoms with Gasteiger partial charge in [-0.2, -0.15) is 20.4 Å². The molecular formula is C109H115N25O7. The van der Waals surface area contributed by atoms with Crippen molar-refractivity contribution in [1.82, 2.24) is 100 Å². The minimum atomic E-state index is -0.349. The van der Waals surface area contributed by atoms with Gasteiger partial charge < -0.3 is 36.2 Å². The van der Waals surface area contributed by atoms with Gasteiger partial charge in [0.2, 0.25) is 0 Å². The van der Waals surface area contributed by atoms with Gasteiger partial charge in [-0.05, 0) is 314 Å². The van der Waals surface area contributed by atoms with Crippen molar-refractivity contribution >= 4 is 107 Å². The van der Waals surface area contributed by atoms with Crippen molar-refractivity contribution in [3.63, 3.8) is 0 Å². The molecule has 9 N–H and O–H groups in total. The normalized spacial score (nSPS) is 15.5. The van der Waals surface area contributed by atoms with Gasteiger partial charge in [0.25, 0.3) is 29.5 Å². The second kappa shape index (κ2) is 45.0. The monoisotopic (exact) mass is 1890 g/mol. The third-order valence-corrected chi connectivity index (χ3v) is 26.9. The third kappa shape index (κ3) is 23.9. The van der Waals surface area contributed by atoms with Crippen molar-refractivity contribution in [2.75, 3.05) is 105 Å². The molecule has 6 aliphatic heterocycles. The lowest BCUT2D eigenvalue weighted by Crippen LogP contribution is -2.30. The van der Waals surface area contributed by atoms with Crippen molar-refractivity contribution < 1.29 is 33.9 Å². The Labute approximate surface area is 816 Å². The SMILES string of the molecule is CC(=O)c1ccc(NC(=O)c2n[nH]c3ccc(-c4cncc(CN5CCCCC5)c4)cc23)cn1.O=C(Nc1ccc(C(=O)N2CCCC2)nc1)c1n[nH]c2ccc(-c3cncc(CN4CCCCC4)c3)cc12.O=C(Nc1ccc(N2CCCCC2)nc1)c1n[nH]c2ccc(-c3cncc(CN4CCCCC4)c3)cc12.O=C(Nc1ccc(O)cc1)c1n[nH]c2ccc(-c3cncc(CN4CCCCC4)c3)cc12. The number of Topliss-reactive ketones (excluding diaryl/α,β-unsaturated/α-hetero) is 1. The molecule has 6 aliphatic rings. The summed E-state index contributed by atoms with van der Waals surface area (Å²) in [6.07, 6.45) is 41.0. The van der Waals surface area contributed by atoms with Crippen LogP contribution in [-0.2, 0) is 26.2 Å². The average Bonchev–Trinajstić information content (AvgIpc) is 1.78. The molecule has 16 aromatic rings. The molecule has 0 saturated carbocycles. The molecule has 22 rings (SSSR count). The first-order chi connectivity index (χ1) is 69.1. The lowest BCUT2D eigenvalue weighted by molar-refractivity contribution is 0.0786. The zero-order valence-electron chi connectivity index (χ0n) is 79.2. The number of carbonyl (C=O) groups is 6. The molecule has 141 heavy (non-hydrogen) atoms. The number of benzene rings is 5. The number of hydrogen-bond acceptors (Lipinski definition) is 23. The van der Waals surface area contributed by atoms with Crippen molar-refractivity contribution in [2.45, 2.75) is 142 Å². The molecule has 32 heteroatoms. The molecule has 0 aliphatic carbocycles. The average molecular weight is 1890 g/mol. The van der Waals surface area contributed by atoms with Gasteiger partial charge in [-0.1, -0.05) is 49.9 Å². The van der Waals surface area contributed by atoms with E-state index in [4.69, 9.17) is 0 Å². The fraction of sp³-hybridized carbons (Fsp3) is 0.312. The molecule has 0 radical (unpaired) electrons. The van der Waals surface area contributed by atoms with Gasteiger partial charge in [0, 0.05) is 158 Å². The molecule has 0 atom stereocenters. The predicted molar refractivity (Wildman–Crippen MR) is 548 cm³/mol. The van der Waals surface area contributed by atoms with Crippen molar-refractivity contribution in [3.05, 3.63) is 282 Å². The summed E-state index contributed by atoms with van der Waals surface area (Å²) in [7, 11) is 0. The summed E-state index contributed by atoms with van der Waals surface area (Å²) >= 11 is 0. The third-order valence-electron chi connectivity index (χ3n) is 26.9. The number of amides is 5. The van der Waals surface area contributed by atoms with E-state index in [0.29, 0.717) is 56.9 Å². The van der Waals surface area contributed by atoms with E-state index in [1.165, 1.54) is 150 Å². The van der Waals surface area contributed by atoms with Crippen molar-refractivity contribution in [2.24, 2.45) is 0 Å². The number of phenols is 1. The van der Waals surface area contributed by atoms with Gasteiger partial charge in [0.1, 0.15) is 23.0 Å². The van der Waals surface area contributed by atoms with Crippen LogP contribution in [0.2, 0.25) is 0 Å². The number of phenolic OH excluding ortho intramolecular Hbond substituents is 1. The maximum absolute atomic E-state index is 13.1. The standard InChI is InChI=1S/C29H31N7O2.C29H33N7O.C26H26N6O2.C25H25N5O2/c37-28(32-23-7-9-26(31-18-23)29(38)36-12-4-5-13-36)27-24-15-21(6-8-25(24)33-34-27)22-14-20(16-30-17-22)19-35-10-2-1-3-11-35;37-29(32-24-8-10-27(31-19-24)36-13-5-2-6-14-36)28-25-16-22(7-9-26(25)33-34-28)23-15-21(17-30-18-23)20-35-11-3-1-4-12-35;1-17(33)23-8-6-21(15-28-23)29-26(34)25-22-12-19(5-7-24(22)30-31-25)20-11-18(13-27-14-20)16-32-9-3-2-4-10-32;31-21-7-5-20(6-8-21)27-25(32)24-22-13-18(4-9-23(22)28-29-24)19-12-17(14-26-15-19)16-30-10-2-1-3-11-30/h6-9,14-18H,1-5,10-13,19H2,(H,32,37)(H,33,34);7-10,15-19H,1-6,11-14,20H2,(H,32,37)(H,33,34);5-8,11-15H,2-4,9-10,16H2,1H3,(H,29,34)(H,30,31);4-9,12-15,31H,1-3,10-11,16H2,(H,27,32)(H,28,29). The summed E-state index contributed by atoms with van der Waals surface area (Å²) < 4.78 is 0. The number of rotatable bonds is 23. The first-order valence-corrected chi connectivity index (χ1v) is 49.2. The predicted octanol–water partition coefficient (Wildman–Crippen LogP) is 18.8. The summed E-state index contributed by atoms with van der Waals surface area (Å²) in [4.78, 5) is 121. The highest BCUT2D eigenvalue weighted by Crippen LogP contribution is 2.35. The number of pyridine rings is 7. The highest BCUT2D eigenvalue weighted by Gasteiger charge is 2.27. The Hall–Kier alpha value is -15.5. The number of aromatic hydroxyl groups is 1. The number of hydrogen-bond donors (Lipinski definition) is 9. The number of nitrogens with zero attached hydrogens (tertiary/aromatic N) is 17. The highest BCUT2D eigenvalue weighted by atomic mass is 16.3. The Balaban J connectivity index is 0.000000120. The van der Waals surface area contributed by atoms with Gasteiger partial charge in [-0.3, -0.25) is 93.7 Å². The van der Waals surface area contributed by atoms with Crippen molar-refractivity contribution in [3.8, 4) is 50.3 Å². The van der Waals surface area contributed by atoms with Crippen LogP contribution in [0, 0.1) is 0 Å². The lowest BCUT2D eigenvalue weighted by atomic mass is 10.0. The van der Waals surface area contributed by atoms with E-state index in [1.807, 2.05) is 139 Å². The van der Waals surface area contributed by atoms with Crippen LogP contribution in [0.5, 0.6) is 5.75 Å². The smallest absolute Gasteiger partial charge is 0.276 e. The second-order valence-corrected chi connectivity index (χ2v) is 37.2. The van der Waals surface area contributed by atoms with Gasteiger partial charge in [-0.25, -0.2) is 9.97 Å². The summed E-state index contributed by atoms with van der Waals surface area (Å²) in [5.74, 6) is -0.343. The summed E-state index contributed by atoms with van der Waals surface area (Å²) in [6, 6.07) is 49.4. The van der Waals surface area contributed by atoms with Gasteiger partial charge in [-0.15, -0.1) is 0 Å². The largest absolute Gasteiger partial charge is 0.508 e. The zero-order chi connectivity index (χ0) is 96.3. The van der Waals surface area contributed by atoms with E-state index in [-0.39, 0.29) is 41.1 Å². The molecule has 11 aromatic heterocycles. The Kier molecular flexibility index (Phi) is 30.1. The van der Waals surface area contributed by atoms with E-state index in [9.17, 15) is 33.9 Å². The minimum absolute atomic E-state index is 0.0688. The molecule has 32 nitrogen and oxygen atoms in total. The quantitative estimate of drug-likeness (QED) is 0.0212. The minimum Gasteiger partial charge on any atom is -0.508 e. The number of aromatic amines is 4. The van der Waals surface area contributed by atoms with E-state index in [1.54, 1.807) is 42.6 Å². The van der Waals surface area contributed by atoms with E-state index in [0.717, 1.165) is 211 Å². The fourth-order valence-corrected chi connectivity index (χ4v) is 19.3. The molecule has 0 bridgehead atoms. The number of aromatic nitrogens is 15. The fourth-order valence-electron chi connectivity index (χ4n) is 19.3. The molecule has 0 spiro atoms. The Morgan fingerprint density at radius 3 is 0.887 bits per heavy atom. The van der Waals surface area contributed by atoms with Crippen LogP contribution in [0.25, 0.3) is 88.1 Å². The Morgan fingerprint density at radius 1 is 0.291 bits per heavy atom. The number of nitrogens with one attached hydrogen (secondary N) is 8. The molecule has 6 saturated heterocycles. The van der Waals surface area contributed by atoms with Gasteiger partial charge >= 0.3 is 0 Å². The number of H-pyrrole nitrogens is 4. The molecule has 0 unspecified atom stereocenters. The Morgan fingerprint density at radius 2 is 0.582 bits per heavy atom. The maximum atomic E-state index is 13.1. The maximum Gasteiger partial charge on any atom is 0.276 e. The molecule has 718 valence electrons. The zero-order valence-corrected chi connectivity index (χ0v) is 79.2. The molecular weight excluding hydrogens is 1770 g/mol. The highest BCUT2D eigenvalue weighted by molar-refractivity contribution is 6.15. The van der Waals surface area contributed by atoms with Gasteiger partial charge in [0.05, 0.1) is 57.7 Å². The lowest BCUT2D eigenvalue weighted by Gasteiger charge is -2.27. The summed E-state index contributed by atoms with van der Waals surface area (Å²) in [5.41, 5.74) is 20.3. The number of piperidine rings is 5. The first kappa shape index (κ1) is 94.5. The number of anilines is 5. The van der Waals surface area contributed by atoms with Crippen LogP contribution in [0.15, 0.2) is 226 Å². The molecule has 17 heterocycles. The van der Waals surface area contributed by atoms with Crippen LogP contribution in [0.1, 0.15) is 201 Å². The number of ketones is 1. The van der Waals surface area contributed by atoms with Crippen LogP contribution in [-0.4, -0.2) is 219 Å². The topological polar surface area (TPSA) is 395 Å². The van der Waals surface area contributed by atoms with Crippen LogP contribution in [0.4, 0.5) is 28.6 Å². The second-order valence-electron chi connectivity index (χ2n) is 37.2. The number of carbonyl (C=O) groups excluding carboxylic acids is 6.